The molecular weight excluding hydrogens is 268 g/mol. The van der Waals surface area contributed by atoms with E-state index in [-0.39, 0.29) is 0 Å². The van der Waals surface area contributed by atoms with Crippen LogP contribution in [0.1, 0.15) is 25.8 Å². The Morgan fingerprint density at radius 3 is 2.47 bits per heavy atom. The number of fused-ring (bicyclic) bond motifs is 1. The van der Waals surface area contributed by atoms with Gasteiger partial charge in [-0.2, -0.15) is 0 Å². The molecule has 1 aliphatic rings. The minimum absolute atomic E-state index is 0.516. The molecular formula is C14H17ClO4. The largest absolute Gasteiger partial charge is 0.486 e. The first-order valence-corrected chi connectivity index (χ1v) is 6.59. The molecule has 0 fully saturated rings. The fraction of sp³-hybridized carbons (Fsp3) is 0.500. The van der Waals surface area contributed by atoms with Gasteiger partial charge in [0.2, 0.25) is 0 Å². The third kappa shape index (κ3) is 3.13. The Morgan fingerprint density at radius 1 is 1.32 bits per heavy atom. The molecule has 0 aromatic heterocycles. The molecule has 0 bridgehead atoms. The lowest BCUT2D eigenvalue weighted by Gasteiger charge is -2.22. The van der Waals surface area contributed by atoms with E-state index in [0.717, 1.165) is 5.56 Å². The van der Waals surface area contributed by atoms with Crippen LogP contribution >= 0.6 is 11.6 Å². The number of hydrogen-bond acceptors (Lipinski definition) is 3. The van der Waals surface area contributed by atoms with Gasteiger partial charge in [0.1, 0.15) is 13.2 Å². The quantitative estimate of drug-likeness (QED) is 0.923. The highest BCUT2D eigenvalue weighted by Gasteiger charge is 2.27. The SMILES string of the molecule is CC(C)(CCc1cc2c(cc1Cl)OCCO2)C(=O)O. The molecule has 0 aliphatic carbocycles. The zero-order chi connectivity index (χ0) is 14.0. The molecule has 0 saturated heterocycles. The van der Waals surface area contributed by atoms with Crippen LogP contribution in [0, 0.1) is 5.41 Å². The Bertz CT molecular complexity index is 496. The summed E-state index contributed by atoms with van der Waals surface area (Å²) in [5.74, 6) is 0.525. The van der Waals surface area contributed by atoms with Crippen LogP contribution in [0.5, 0.6) is 11.5 Å². The van der Waals surface area contributed by atoms with Gasteiger partial charge in [0.15, 0.2) is 11.5 Å². The number of ether oxygens (including phenoxy) is 2. The average Bonchev–Trinajstić information content (AvgIpc) is 2.36. The number of aliphatic carboxylic acids is 1. The summed E-state index contributed by atoms with van der Waals surface area (Å²) in [4.78, 5) is 11.1. The third-order valence-electron chi connectivity index (χ3n) is 3.31. The molecule has 0 radical (unpaired) electrons. The fourth-order valence-electron chi connectivity index (χ4n) is 1.85. The molecule has 104 valence electrons. The second-order valence-corrected chi connectivity index (χ2v) is 5.68. The second kappa shape index (κ2) is 5.29. The number of aryl methyl sites for hydroxylation is 1. The van der Waals surface area contributed by atoms with E-state index in [4.69, 9.17) is 26.2 Å². The van der Waals surface area contributed by atoms with Crippen LogP contribution in [0.25, 0.3) is 0 Å². The molecule has 19 heavy (non-hydrogen) atoms. The van der Waals surface area contributed by atoms with Gasteiger partial charge in [0, 0.05) is 11.1 Å². The molecule has 1 aliphatic heterocycles. The fourth-order valence-corrected chi connectivity index (χ4v) is 2.10. The van der Waals surface area contributed by atoms with E-state index >= 15 is 0 Å². The molecule has 0 unspecified atom stereocenters. The normalized spacial score (nSPS) is 14.3. The summed E-state index contributed by atoms with van der Waals surface area (Å²) >= 11 is 6.19. The molecule has 1 heterocycles. The van der Waals surface area contributed by atoms with Crippen molar-refractivity contribution in [1.82, 2.24) is 0 Å². The number of benzene rings is 1. The Balaban J connectivity index is 2.15. The number of rotatable bonds is 4. The van der Waals surface area contributed by atoms with Gasteiger partial charge in [-0.05, 0) is 38.3 Å². The van der Waals surface area contributed by atoms with Gasteiger partial charge in [-0.3, -0.25) is 4.79 Å². The predicted octanol–water partition coefficient (Wildman–Crippen LogP) is 3.15. The van der Waals surface area contributed by atoms with Crippen LogP contribution in [0.4, 0.5) is 0 Å². The minimum atomic E-state index is -0.804. The van der Waals surface area contributed by atoms with Crippen molar-refractivity contribution in [3.05, 3.63) is 22.7 Å². The van der Waals surface area contributed by atoms with Gasteiger partial charge in [0.05, 0.1) is 5.41 Å². The first-order chi connectivity index (χ1) is 8.90. The van der Waals surface area contributed by atoms with E-state index in [2.05, 4.69) is 0 Å². The van der Waals surface area contributed by atoms with Crippen LogP contribution in [0.2, 0.25) is 5.02 Å². The zero-order valence-electron chi connectivity index (χ0n) is 11.0. The van der Waals surface area contributed by atoms with Crippen molar-refractivity contribution >= 4 is 17.6 Å². The summed E-state index contributed by atoms with van der Waals surface area (Å²) in [6.45, 7) is 4.46. The van der Waals surface area contributed by atoms with Crippen LogP contribution < -0.4 is 9.47 Å². The Morgan fingerprint density at radius 2 is 1.89 bits per heavy atom. The highest BCUT2D eigenvalue weighted by atomic mass is 35.5. The summed E-state index contributed by atoms with van der Waals surface area (Å²) < 4.78 is 10.9. The van der Waals surface area contributed by atoms with Gasteiger partial charge >= 0.3 is 5.97 Å². The van der Waals surface area contributed by atoms with Crippen LogP contribution in [-0.2, 0) is 11.2 Å². The molecule has 1 N–H and O–H groups in total. The topological polar surface area (TPSA) is 55.8 Å². The lowest BCUT2D eigenvalue weighted by atomic mass is 9.86. The molecule has 0 spiro atoms. The second-order valence-electron chi connectivity index (χ2n) is 5.28. The van der Waals surface area contributed by atoms with E-state index in [1.165, 1.54) is 0 Å². The van der Waals surface area contributed by atoms with Crippen molar-refractivity contribution in [3.8, 4) is 11.5 Å². The van der Waals surface area contributed by atoms with Crippen molar-refractivity contribution < 1.29 is 19.4 Å². The van der Waals surface area contributed by atoms with Crippen LogP contribution in [-0.4, -0.2) is 24.3 Å². The number of carboxylic acids is 1. The molecule has 5 heteroatoms. The smallest absolute Gasteiger partial charge is 0.309 e. The third-order valence-corrected chi connectivity index (χ3v) is 3.66. The van der Waals surface area contributed by atoms with Crippen molar-refractivity contribution in [2.24, 2.45) is 5.41 Å². The maximum absolute atomic E-state index is 11.1. The molecule has 1 aromatic rings. The standard InChI is InChI=1S/C14H17ClO4/c1-14(2,13(16)17)4-3-9-7-11-12(8-10(9)15)19-6-5-18-11/h7-8H,3-6H2,1-2H3,(H,16,17). The zero-order valence-corrected chi connectivity index (χ0v) is 11.8. The summed E-state index contributed by atoms with van der Waals surface area (Å²) in [7, 11) is 0. The van der Waals surface area contributed by atoms with Gasteiger partial charge in [-0.15, -0.1) is 0 Å². The Labute approximate surface area is 117 Å². The molecule has 0 atom stereocenters. The maximum atomic E-state index is 11.1. The van der Waals surface area contributed by atoms with Crippen LogP contribution in [0.3, 0.4) is 0 Å². The van der Waals surface area contributed by atoms with Gasteiger partial charge in [-0.1, -0.05) is 11.6 Å². The van der Waals surface area contributed by atoms with Gasteiger partial charge in [-0.25, -0.2) is 0 Å². The molecule has 2 rings (SSSR count). The summed E-state index contributed by atoms with van der Waals surface area (Å²) in [5.41, 5.74) is 0.122. The Hall–Kier alpha value is -1.42. The number of halogens is 1. The average molecular weight is 285 g/mol. The monoisotopic (exact) mass is 284 g/mol. The number of carbonyl (C=O) groups is 1. The summed E-state index contributed by atoms with van der Waals surface area (Å²) in [6, 6.07) is 3.58. The number of carboxylic acid groups (broad SMARTS) is 1. The molecule has 4 nitrogen and oxygen atoms in total. The number of hydrogen-bond donors (Lipinski definition) is 1. The van der Waals surface area contributed by atoms with Crippen LogP contribution in [0.15, 0.2) is 12.1 Å². The van der Waals surface area contributed by atoms with Crippen molar-refractivity contribution in [3.63, 3.8) is 0 Å². The first-order valence-electron chi connectivity index (χ1n) is 6.21. The lowest BCUT2D eigenvalue weighted by molar-refractivity contribution is -0.147. The highest BCUT2D eigenvalue weighted by Crippen LogP contribution is 2.36. The van der Waals surface area contributed by atoms with Gasteiger partial charge < -0.3 is 14.6 Å². The van der Waals surface area contributed by atoms with E-state index in [1.807, 2.05) is 6.07 Å². The van der Waals surface area contributed by atoms with Crippen molar-refractivity contribution in [1.29, 1.82) is 0 Å². The van der Waals surface area contributed by atoms with E-state index in [0.29, 0.717) is 42.6 Å². The highest BCUT2D eigenvalue weighted by molar-refractivity contribution is 6.31. The molecule has 1 aromatic carbocycles. The summed E-state index contributed by atoms with van der Waals surface area (Å²) in [6.07, 6.45) is 1.11. The van der Waals surface area contributed by atoms with E-state index in [1.54, 1.807) is 19.9 Å². The Kier molecular flexibility index (Phi) is 3.90. The summed E-state index contributed by atoms with van der Waals surface area (Å²) in [5, 5.41) is 9.69. The van der Waals surface area contributed by atoms with E-state index in [9.17, 15) is 4.79 Å². The van der Waals surface area contributed by atoms with Gasteiger partial charge in [0.25, 0.3) is 0 Å². The van der Waals surface area contributed by atoms with E-state index < -0.39 is 11.4 Å². The van der Waals surface area contributed by atoms with Crippen molar-refractivity contribution in [2.45, 2.75) is 26.7 Å². The minimum Gasteiger partial charge on any atom is -0.486 e. The predicted molar refractivity (Wildman–Crippen MR) is 72.2 cm³/mol. The van der Waals surface area contributed by atoms with Crippen molar-refractivity contribution in [2.75, 3.05) is 13.2 Å². The first kappa shape index (κ1) is 14.0. The molecule has 0 amide bonds. The maximum Gasteiger partial charge on any atom is 0.309 e. The lowest BCUT2D eigenvalue weighted by Crippen LogP contribution is -2.24. The molecule has 0 saturated carbocycles.